The van der Waals surface area contributed by atoms with E-state index in [1.165, 1.54) is 128 Å². The maximum atomic E-state index is 12.8. The van der Waals surface area contributed by atoms with Gasteiger partial charge in [-0.1, -0.05) is 217 Å². The molecule has 6 heteroatoms. The lowest BCUT2D eigenvalue weighted by molar-refractivity contribution is -0.167. The second kappa shape index (κ2) is 50.0. The lowest BCUT2D eigenvalue weighted by Gasteiger charge is -2.18. The van der Waals surface area contributed by atoms with E-state index in [1.54, 1.807) is 0 Å². The molecular weight excluding hydrogens is 757 g/mol. The normalized spacial score (nSPS) is 12.4. The third-order valence-electron chi connectivity index (χ3n) is 11.3. The average Bonchev–Trinajstić information content (AvgIpc) is 3.26. The van der Waals surface area contributed by atoms with E-state index in [0.717, 1.165) is 96.3 Å². The molecule has 0 bridgehead atoms. The largest absolute Gasteiger partial charge is 0.462 e. The smallest absolute Gasteiger partial charge is 0.306 e. The van der Waals surface area contributed by atoms with Crippen LogP contribution >= 0.6 is 0 Å². The summed E-state index contributed by atoms with van der Waals surface area (Å²) >= 11 is 0. The fourth-order valence-electron chi connectivity index (χ4n) is 7.39. The van der Waals surface area contributed by atoms with Gasteiger partial charge >= 0.3 is 17.9 Å². The van der Waals surface area contributed by atoms with Crippen LogP contribution < -0.4 is 0 Å². The zero-order valence-electron chi connectivity index (χ0n) is 40.4. The third-order valence-corrected chi connectivity index (χ3v) is 11.3. The summed E-state index contributed by atoms with van der Waals surface area (Å²) in [4.78, 5) is 37.9. The third kappa shape index (κ3) is 48.3. The monoisotopic (exact) mass is 855 g/mol. The molecule has 0 aromatic rings. The molecule has 0 heterocycles. The van der Waals surface area contributed by atoms with Crippen molar-refractivity contribution in [2.45, 2.75) is 271 Å². The predicted molar refractivity (Wildman–Crippen MR) is 261 cm³/mol. The number of rotatable bonds is 47. The average molecular weight is 855 g/mol. The Morgan fingerprint density at radius 1 is 0.344 bits per heavy atom. The topological polar surface area (TPSA) is 78.9 Å². The first-order valence-corrected chi connectivity index (χ1v) is 26.1. The van der Waals surface area contributed by atoms with Gasteiger partial charge in [0, 0.05) is 19.3 Å². The standard InChI is InChI=1S/C55H98O6/c1-4-7-10-13-16-19-22-24-26-27-29-31-34-37-40-43-46-49-55(58)61-52(50-59-53(56)47-44-41-38-35-32-21-18-15-12-9-6-3)51-60-54(57)48-45-42-39-36-33-30-28-25-23-20-17-14-11-8-5-2/h8,11,17,20,24-26,28,52H,4-7,9-10,12-16,18-19,21-23,27,29-51H2,1-3H3/b11-8-,20-17-,26-24-,28-25-/t52-/m0/s1. The van der Waals surface area contributed by atoms with E-state index in [1.807, 2.05) is 0 Å². The molecule has 0 spiro atoms. The van der Waals surface area contributed by atoms with Crippen LogP contribution in [-0.4, -0.2) is 37.2 Å². The van der Waals surface area contributed by atoms with Crippen molar-refractivity contribution >= 4 is 17.9 Å². The second-order valence-corrected chi connectivity index (χ2v) is 17.4. The molecule has 61 heavy (non-hydrogen) atoms. The summed E-state index contributed by atoms with van der Waals surface area (Å²) in [6.07, 6.45) is 59.5. The molecule has 0 fully saturated rings. The van der Waals surface area contributed by atoms with Crippen LogP contribution in [0.2, 0.25) is 0 Å². The molecule has 0 aliphatic heterocycles. The SMILES string of the molecule is CC/C=C\C/C=C\C/C=C\CCCCCCCC(=O)OC[C@H](COC(=O)CCCCCCCCCCCCC)OC(=O)CCCCCCCCC/C=C\CCCCCCCC. The molecule has 0 N–H and O–H groups in total. The minimum atomic E-state index is -0.779. The molecule has 0 aliphatic rings. The highest BCUT2D eigenvalue weighted by Crippen LogP contribution is 2.15. The highest BCUT2D eigenvalue weighted by molar-refractivity contribution is 5.71. The highest BCUT2D eigenvalue weighted by Gasteiger charge is 2.19. The first kappa shape index (κ1) is 58.4. The van der Waals surface area contributed by atoms with Crippen LogP contribution in [0.25, 0.3) is 0 Å². The fraction of sp³-hybridized carbons (Fsp3) is 0.800. The summed E-state index contributed by atoms with van der Waals surface area (Å²) in [7, 11) is 0. The van der Waals surface area contributed by atoms with Gasteiger partial charge in [0.25, 0.3) is 0 Å². The molecule has 6 nitrogen and oxygen atoms in total. The van der Waals surface area contributed by atoms with E-state index in [9.17, 15) is 14.4 Å². The van der Waals surface area contributed by atoms with Gasteiger partial charge in [0.1, 0.15) is 13.2 Å². The van der Waals surface area contributed by atoms with Crippen LogP contribution in [0.4, 0.5) is 0 Å². The van der Waals surface area contributed by atoms with Crippen molar-refractivity contribution in [2.24, 2.45) is 0 Å². The zero-order valence-corrected chi connectivity index (χ0v) is 40.4. The van der Waals surface area contributed by atoms with Crippen molar-refractivity contribution in [1.82, 2.24) is 0 Å². The molecule has 0 aromatic heterocycles. The number of hydrogen-bond acceptors (Lipinski definition) is 6. The maximum absolute atomic E-state index is 12.8. The van der Waals surface area contributed by atoms with Crippen LogP contribution in [0.15, 0.2) is 48.6 Å². The fourth-order valence-corrected chi connectivity index (χ4v) is 7.39. The van der Waals surface area contributed by atoms with Gasteiger partial charge in [-0.3, -0.25) is 14.4 Å². The lowest BCUT2D eigenvalue weighted by atomic mass is 10.1. The molecule has 0 radical (unpaired) electrons. The molecule has 0 rings (SSSR count). The van der Waals surface area contributed by atoms with Crippen molar-refractivity contribution in [2.75, 3.05) is 13.2 Å². The molecule has 0 saturated heterocycles. The number of hydrogen-bond donors (Lipinski definition) is 0. The summed E-state index contributed by atoms with van der Waals surface area (Å²) < 4.78 is 16.8. The van der Waals surface area contributed by atoms with Crippen molar-refractivity contribution in [3.8, 4) is 0 Å². The molecule has 0 saturated carbocycles. The Morgan fingerprint density at radius 3 is 1.02 bits per heavy atom. The Kier molecular flexibility index (Phi) is 47.9. The Bertz CT molecular complexity index is 1070. The van der Waals surface area contributed by atoms with Gasteiger partial charge in [0.2, 0.25) is 0 Å². The summed E-state index contributed by atoms with van der Waals surface area (Å²) in [5.41, 5.74) is 0. The minimum absolute atomic E-state index is 0.0782. The molecule has 0 aromatic carbocycles. The Hall–Kier alpha value is -2.63. The van der Waals surface area contributed by atoms with E-state index < -0.39 is 6.10 Å². The number of esters is 3. The predicted octanol–water partition coefficient (Wildman–Crippen LogP) is 17.1. The first-order valence-electron chi connectivity index (χ1n) is 26.1. The quantitative estimate of drug-likeness (QED) is 0.0263. The van der Waals surface area contributed by atoms with E-state index in [4.69, 9.17) is 14.2 Å². The van der Waals surface area contributed by atoms with E-state index in [-0.39, 0.29) is 31.1 Å². The number of ether oxygens (including phenoxy) is 3. The van der Waals surface area contributed by atoms with Gasteiger partial charge in [0.05, 0.1) is 0 Å². The van der Waals surface area contributed by atoms with Crippen molar-refractivity contribution < 1.29 is 28.6 Å². The van der Waals surface area contributed by atoms with Crippen LogP contribution in [0.5, 0.6) is 0 Å². The van der Waals surface area contributed by atoms with Crippen LogP contribution in [0, 0.1) is 0 Å². The molecule has 0 aliphatic carbocycles. The van der Waals surface area contributed by atoms with Gasteiger partial charge in [-0.05, 0) is 77.0 Å². The summed E-state index contributed by atoms with van der Waals surface area (Å²) in [6, 6.07) is 0. The number of carbonyl (C=O) groups is 3. The maximum Gasteiger partial charge on any atom is 0.306 e. The summed E-state index contributed by atoms with van der Waals surface area (Å²) in [5.74, 6) is -0.893. The van der Waals surface area contributed by atoms with Gasteiger partial charge < -0.3 is 14.2 Å². The zero-order chi connectivity index (χ0) is 44.4. The molecular formula is C55H98O6. The Labute approximate surface area is 378 Å². The van der Waals surface area contributed by atoms with Crippen molar-refractivity contribution in [3.63, 3.8) is 0 Å². The van der Waals surface area contributed by atoms with E-state index in [0.29, 0.717) is 19.3 Å². The second-order valence-electron chi connectivity index (χ2n) is 17.4. The molecule has 0 amide bonds. The number of allylic oxidation sites excluding steroid dienone is 8. The van der Waals surface area contributed by atoms with Crippen LogP contribution in [-0.2, 0) is 28.6 Å². The number of carbonyl (C=O) groups excluding carboxylic acids is 3. The van der Waals surface area contributed by atoms with E-state index in [2.05, 4.69) is 69.4 Å². The molecule has 0 unspecified atom stereocenters. The minimum Gasteiger partial charge on any atom is -0.462 e. The first-order chi connectivity index (χ1) is 30.0. The van der Waals surface area contributed by atoms with E-state index >= 15 is 0 Å². The molecule has 354 valence electrons. The number of unbranched alkanes of at least 4 members (excludes halogenated alkanes) is 28. The molecule has 1 atom stereocenters. The van der Waals surface area contributed by atoms with Crippen molar-refractivity contribution in [1.29, 1.82) is 0 Å². The van der Waals surface area contributed by atoms with Gasteiger partial charge in [-0.2, -0.15) is 0 Å². The van der Waals surface area contributed by atoms with Crippen LogP contribution in [0.3, 0.4) is 0 Å². The summed E-state index contributed by atoms with van der Waals surface area (Å²) in [6.45, 7) is 6.51. The van der Waals surface area contributed by atoms with Crippen molar-refractivity contribution in [3.05, 3.63) is 48.6 Å². The van der Waals surface area contributed by atoms with Gasteiger partial charge in [0.15, 0.2) is 6.10 Å². The van der Waals surface area contributed by atoms with Gasteiger partial charge in [-0.25, -0.2) is 0 Å². The Balaban J connectivity index is 4.37. The van der Waals surface area contributed by atoms with Gasteiger partial charge in [-0.15, -0.1) is 0 Å². The van der Waals surface area contributed by atoms with Crippen LogP contribution in [0.1, 0.15) is 265 Å². The lowest BCUT2D eigenvalue weighted by Crippen LogP contribution is -2.30. The summed E-state index contributed by atoms with van der Waals surface area (Å²) in [5, 5.41) is 0. The highest BCUT2D eigenvalue weighted by atomic mass is 16.6. The Morgan fingerprint density at radius 2 is 0.639 bits per heavy atom.